The summed E-state index contributed by atoms with van der Waals surface area (Å²) in [5.41, 5.74) is 6.25. The van der Waals surface area contributed by atoms with E-state index in [4.69, 9.17) is 4.98 Å². The fourth-order valence-electron chi connectivity index (χ4n) is 3.76. The number of pyridine rings is 1. The average Bonchev–Trinajstić information content (AvgIpc) is 3.03. The molecule has 1 aliphatic rings. The summed E-state index contributed by atoms with van der Waals surface area (Å²) in [7, 11) is 2.09. The third-order valence-corrected chi connectivity index (χ3v) is 4.73. The average molecular weight is 286 g/mol. The summed E-state index contributed by atoms with van der Waals surface area (Å²) in [6.07, 6.45) is 3.00. The Kier molecular flexibility index (Phi) is 2.14. The predicted octanol–water partition coefficient (Wildman–Crippen LogP) is 3.22. The van der Waals surface area contributed by atoms with Gasteiger partial charge in [0.15, 0.2) is 5.52 Å². The number of aryl methyl sites for hydroxylation is 2. The lowest BCUT2D eigenvalue weighted by Gasteiger charge is -2.07. The summed E-state index contributed by atoms with van der Waals surface area (Å²) in [6, 6.07) is 15.2. The van der Waals surface area contributed by atoms with Crippen molar-refractivity contribution in [2.24, 2.45) is 7.05 Å². The normalized spacial score (nSPS) is 12.8. The van der Waals surface area contributed by atoms with Crippen molar-refractivity contribution in [1.82, 2.24) is 9.55 Å². The van der Waals surface area contributed by atoms with Crippen molar-refractivity contribution in [2.75, 3.05) is 0 Å². The van der Waals surface area contributed by atoms with Crippen LogP contribution in [0.25, 0.3) is 27.6 Å². The van der Waals surface area contributed by atoms with Gasteiger partial charge in [-0.3, -0.25) is 0 Å². The Morgan fingerprint density at radius 3 is 2.91 bits per heavy atom. The smallest absolute Gasteiger partial charge is 0.235 e. The maximum absolute atomic E-state index is 4.85. The van der Waals surface area contributed by atoms with Gasteiger partial charge in [0.1, 0.15) is 5.69 Å². The fraction of sp³-hybridized carbons (Fsp3) is 0.158. The summed E-state index contributed by atoms with van der Waals surface area (Å²) < 4.78 is 4.51. The monoisotopic (exact) mass is 286 g/mol. The number of fused-ring (bicyclic) bond motifs is 7. The third-order valence-electron chi connectivity index (χ3n) is 4.73. The molecule has 0 unspecified atom stereocenters. The topological polar surface area (TPSA) is 21.7 Å². The summed E-state index contributed by atoms with van der Waals surface area (Å²) in [4.78, 5) is 4.85. The Balaban J connectivity index is 2.02. The minimum Gasteiger partial charge on any atom is -0.235 e. The predicted molar refractivity (Wildman–Crippen MR) is 87.3 cm³/mol. The van der Waals surface area contributed by atoms with Crippen LogP contribution in [0.15, 0.2) is 48.7 Å². The highest BCUT2D eigenvalue weighted by molar-refractivity contribution is 5.96. The van der Waals surface area contributed by atoms with E-state index >= 15 is 0 Å². The first-order chi connectivity index (χ1) is 10.7. The van der Waals surface area contributed by atoms with Crippen molar-refractivity contribution >= 4 is 21.9 Å². The van der Waals surface area contributed by atoms with E-state index in [1.807, 2.05) is 0 Å². The van der Waals surface area contributed by atoms with Crippen LogP contribution in [-0.4, -0.2) is 9.55 Å². The minimum absolute atomic E-state index is 0.911. The van der Waals surface area contributed by atoms with Gasteiger partial charge in [-0.15, -0.1) is 0 Å². The molecule has 106 valence electrons. The first-order valence-electron chi connectivity index (χ1n) is 7.61. The Labute approximate surface area is 128 Å². The highest BCUT2D eigenvalue weighted by Gasteiger charge is 2.32. The van der Waals surface area contributed by atoms with E-state index in [9.17, 15) is 0 Å². The molecule has 0 aliphatic carbocycles. The molecule has 22 heavy (non-hydrogen) atoms. The van der Waals surface area contributed by atoms with Gasteiger partial charge in [0.25, 0.3) is 0 Å². The van der Waals surface area contributed by atoms with Gasteiger partial charge in [0.05, 0.1) is 19.7 Å². The van der Waals surface area contributed by atoms with Gasteiger partial charge in [-0.1, -0.05) is 30.3 Å². The second kappa shape index (κ2) is 3.95. The quantitative estimate of drug-likeness (QED) is 0.401. The molecule has 4 aromatic rings. The van der Waals surface area contributed by atoms with Gasteiger partial charge < -0.3 is 0 Å². The van der Waals surface area contributed by atoms with E-state index in [-0.39, 0.29) is 0 Å². The highest BCUT2D eigenvalue weighted by Crippen LogP contribution is 2.37. The molecule has 0 fully saturated rings. The Bertz CT molecular complexity index is 1070. The lowest BCUT2D eigenvalue weighted by molar-refractivity contribution is -0.647. The van der Waals surface area contributed by atoms with Crippen molar-refractivity contribution in [1.29, 1.82) is 0 Å². The van der Waals surface area contributed by atoms with Crippen LogP contribution in [0, 0.1) is 6.92 Å². The molecule has 0 atom stereocenters. The molecular formula is C19H16N3+. The van der Waals surface area contributed by atoms with Gasteiger partial charge in [-0.05, 0) is 30.0 Å². The van der Waals surface area contributed by atoms with Crippen molar-refractivity contribution in [3.63, 3.8) is 0 Å². The molecule has 5 rings (SSSR count). The molecule has 3 heteroatoms. The van der Waals surface area contributed by atoms with Crippen LogP contribution in [0.1, 0.15) is 17.0 Å². The minimum atomic E-state index is 0.911. The Morgan fingerprint density at radius 2 is 2.00 bits per heavy atom. The van der Waals surface area contributed by atoms with Crippen LogP contribution in [0.4, 0.5) is 0 Å². The summed E-state index contributed by atoms with van der Waals surface area (Å²) in [6.45, 7) is 2.19. The van der Waals surface area contributed by atoms with E-state index < -0.39 is 0 Å². The van der Waals surface area contributed by atoms with Crippen molar-refractivity contribution in [3.8, 4) is 5.69 Å². The van der Waals surface area contributed by atoms with Gasteiger partial charge in [0, 0.05) is 10.9 Å². The Hall–Kier alpha value is -2.68. The summed E-state index contributed by atoms with van der Waals surface area (Å²) in [5.74, 6) is 1.14. The lowest BCUT2D eigenvalue weighted by atomic mass is 10.00. The van der Waals surface area contributed by atoms with Gasteiger partial charge in [0.2, 0.25) is 5.82 Å². The number of nitrogens with zero attached hydrogens (tertiary/aromatic N) is 3. The first-order valence-corrected chi connectivity index (χ1v) is 7.61. The van der Waals surface area contributed by atoms with Gasteiger partial charge in [-0.2, -0.15) is 4.57 Å². The molecule has 0 spiro atoms. The largest absolute Gasteiger partial charge is 0.314 e. The maximum Gasteiger partial charge on any atom is 0.314 e. The molecule has 0 radical (unpaired) electrons. The standard InChI is InChI=1S/C19H16N3/c1-12-5-3-6-13-8-9-14-11-16-20-15-7-4-10-21(2)19(15)22(16)18(14)17(12)13/h3-10H,11H2,1-2H3/q+1. The van der Waals surface area contributed by atoms with E-state index in [0.717, 1.165) is 17.8 Å². The third kappa shape index (κ3) is 1.36. The molecule has 0 N–H and O–H groups in total. The van der Waals surface area contributed by atoms with Crippen LogP contribution in [-0.2, 0) is 13.5 Å². The van der Waals surface area contributed by atoms with Crippen LogP contribution in [0.2, 0.25) is 0 Å². The molecular weight excluding hydrogens is 270 g/mol. The van der Waals surface area contributed by atoms with Crippen molar-refractivity contribution < 1.29 is 4.57 Å². The molecule has 2 aromatic carbocycles. The zero-order chi connectivity index (χ0) is 14.8. The van der Waals surface area contributed by atoms with Gasteiger partial charge >= 0.3 is 5.65 Å². The van der Waals surface area contributed by atoms with E-state index in [1.165, 1.54) is 33.2 Å². The number of aromatic nitrogens is 3. The molecule has 2 aromatic heterocycles. The number of benzene rings is 2. The second-order valence-electron chi connectivity index (χ2n) is 6.11. The number of hydrogen-bond donors (Lipinski definition) is 0. The molecule has 0 bridgehead atoms. The number of hydrogen-bond acceptors (Lipinski definition) is 1. The van der Waals surface area contributed by atoms with E-state index in [2.05, 4.69) is 71.8 Å². The molecule has 1 aliphatic heterocycles. The lowest BCUT2D eigenvalue weighted by Crippen LogP contribution is -2.30. The summed E-state index contributed by atoms with van der Waals surface area (Å²) in [5, 5.41) is 2.65. The molecule has 0 saturated heterocycles. The zero-order valence-corrected chi connectivity index (χ0v) is 12.7. The van der Waals surface area contributed by atoms with Gasteiger partial charge in [-0.25, -0.2) is 9.55 Å². The zero-order valence-electron chi connectivity index (χ0n) is 12.7. The van der Waals surface area contributed by atoms with E-state index in [0.29, 0.717) is 0 Å². The molecule has 3 nitrogen and oxygen atoms in total. The fourth-order valence-corrected chi connectivity index (χ4v) is 3.76. The number of rotatable bonds is 0. The number of imidazole rings is 1. The molecule has 0 amide bonds. The molecule has 3 heterocycles. The van der Waals surface area contributed by atoms with Crippen LogP contribution < -0.4 is 4.57 Å². The first kappa shape index (κ1) is 11.9. The Morgan fingerprint density at radius 1 is 1.09 bits per heavy atom. The highest BCUT2D eigenvalue weighted by atomic mass is 15.2. The SMILES string of the molecule is Cc1cccc2ccc3c(c12)-n1c(nc2ccc[n+](C)c21)C3. The van der Waals surface area contributed by atoms with E-state index in [1.54, 1.807) is 0 Å². The second-order valence-corrected chi connectivity index (χ2v) is 6.11. The van der Waals surface area contributed by atoms with Crippen LogP contribution in [0.5, 0.6) is 0 Å². The van der Waals surface area contributed by atoms with Crippen molar-refractivity contribution in [3.05, 3.63) is 65.6 Å². The summed E-state index contributed by atoms with van der Waals surface area (Å²) >= 11 is 0. The van der Waals surface area contributed by atoms with Crippen molar-refractivity contribution in [2.45, 2.75) is 13.3 Å². The van der Waals surface area contributed by atoms with Crippen LogP contribution in [0.3, 0.4) is 0 Å². The maximum atomic E-state index is 4.85. The van der Waals surface area contributed by atoms with Crippen LogP contribution >= 0.6 is 0 Å². The molecule has 0 saturated carbocycles.